The molecule has 0 aliphatic rings. The number of hydrogen-bond donors (Lipinski definition) is 1. The Kier molecular flexibility index (Phi) is 9.21. The molecule has 0 heterocycles. The van der Waals surface area contributed by atoms with E-state index in [-0.39, 0.29) is 24.8 Å². The lowest BCUT2D eigenvalue weighted by Crippen LogP contribution is -2.54. The number of aryl methyl sites for hydroxylation is 2. The van der Waals surface area contributed by atoms with E-state index < -0.39 is 11.6 Å². The van der Waals surface area contributed by atoms with Gasteiger partial charge < -0.3 is 10.2 Å². The molecule has 4 nitrogen and oxygen atoms in total. The highest BCUT2D eigenvalue weighted by Crippen LogP contribution is 2.28. The van der Waals surface area contributed by atoms with Crippen LogP contribution in [0.2, 0.25) is 10.0 Å². The summed E-state index contributed by atoms with van der Waals surface area (Å²) in [5.41, 5.74) is 4.30. The lowest BCUT2D eigenvalue weighted by molar-refractivity contribution is -0.141. The molecule has 3 aromatic rings. The van der Waals surface area contributed by atoms with Gasteiger partial charge in [0.15, 0.2) is 0 Å². The second-order valence-corrected chi connectivity index (χ2v) is 11.1. The Morgan fingerprint density at radius 3 is 2.08 bits per heavy atom. The molecule has 0 fully saturated rings. The molecule has 0 spiro atoms. The van der Waals surface area contributed by atoms with E-state index in [0.717, 1.165) is 22.3 Å². The Labute approximate surface area is 224 Å². The van der Waals surface area contributed by atoms with Gasteiger partial charge in [0.1, 0.15) is 6.04 Å². The largest absolute Gasteiger partial charge is 0.350 e. The lowest BCUT2D eigenvalue weighted by Gasteiger charge is -2.34. The van der Waals surface area contributed by atoms with Crippen molar-refractivity contribution in [2.45, 2.75) is 65.6 Å². The van der Waals surface area contributed by atoms with Crippen molar-refractivity contribution < 1.29 is 9.59 Å². The standard InChI is InChI=1S/C30H34Cl2N2O2/c1-20-14-15-23(16-21(20)2)18-28(35)34(19-24-25(31)12-9-13-26(24)32)27(29(36)33-30(3,4)5)17-22-10-7-6-8-11-22/h6-16,27H,17-19H2,1-5H3,(H,33,36)/t27-/m1/s1. The minimum atomic E-state index is -0.752. The van der Waals surface area contributed by atoms with Crippen LogP contribution in [0.3, 0.4) is 0 Å². The summed E-state index contributed by atoms with van der Waals surface area (Å²) in [6.45, 7) is 9.97. The van der Waals surface area contributed by atoms with Crippen molar-refractivity contribution in [2.24, 2.45) is 0 Å². The maximum atomic E-state index is 13.9. The second-order valence-electron chi connectivity index (χ2n) is 10.3. The summed E-state index contributed by atoms with van der Waals surface area (Å²) >= 11 is 13.0. The van der Waals surface area contributed by atoms with Gasteiger partial charge in [-0.25, -0.2) is 0 Å². The molecule has 6 heteroatoms. The number of carbonyl (C=O) groups excluding carboxylic acids is 2. The van der Waals surface area contributed by atoms with Crippen LogP contribution >= 0.6 is 23.2 Å². The first-order chi connectivity index (χ1) is 16.9. The summed E-state index contributed by atoms with van der Waals surface area (Å²) in [7, 11) is 0. The summed E-state index contributed by atoms with van der Waals surface area (Å²) in [6.07, 6.45) is 0.529. The van der Waals surface area contributed by atoms with Gasteiger partial charge in [-0.1, -0.05) is 77.8 Å². The van der Waals surface area contributed by atoms with Gasteiger partial charge in [0.2, 0.25) is 11.8 Å². The van der Waals surface area contributed by atoms with E-state index in [9.17, 15) is 9.59 Å². The Morgan fingerprint density at radius 1 is 0.861 bits per heavy atom. The van der Waals surface area contributed by atoms with Crippen molar-refractivity contribution in [1.82, 2.24) is 10.2 Å². The minimum absolute atomic E-state index is 0.122. The number of benzene rings is 3. The number of nitrogens with one attached hydrogen (secondary N) is 1. The first kappa shape index (κ1) is 27.8. The van der Waals surface area contributed by atoms with Crippen LogP contribution in [-0.2, 0) is 29.0 Å². The minimum Gasteiger partial charge on any atom is -0.350 e. The van der Waals surface area contributed by atoms with Crippen LogP contribution in [0.15, 0.2) is 66.7 Å². The van der Waals surface area contributed by atoms with E-state index in [1.165, 1.54) is 0 Å². The first-order valence-corrected chi connectivity index (χ1v) is 12.8. The lowest BCUT2D eigenvalue weighted by atomic mass is 9.99. The summed E-state index contributed by atoms with van der Waals surface area (Å²) < 4.78 is 0. The smallest absolute Gasteiger partial charge is 0.243 e. The Balaban J connectivity index is 2.05. The number of amides is 2. The molecule has 0 aromatic heterocycles. The van der Waals surface area contributed by atoms with Gasteiger partial charge in [-0.3, -0.25) is 9.59 Å². The molecule has 1 N–H and O–H groups in total. The van der Waals surface area contributed by atoms with E-state index in [1.54, 1.807) is 23.1 Å². The maximum absolute atomic E-state index is 13.9. The van der Waals surface area contributed by atoms with Gasteiger partial charge in [0.25, 0.3) is 0 Å². The van der Waals surface area contributed by atoms with Crippen molar-refractivity contribution in [3.63, 3.8) is 0 Å². The van der Waals surface area contributed by atoms with Gasteiger partial charge >= 0.3 is 0 Å². The third-order valence-electron chi connectivity index (χ3n) is 6.09. The monoisotopic (exact) mass is 524 g/mol. The molecule has 0 saturated heterocycles. The van der Waals surface area contributed by atoms with Crippen LogP contribution in [0.4, 0.5) is 0 Å². The van der Waals surface area contributed by atoms with Crippen LogP contribution in [0.5, 0.6) is 0 Å². The highest BCUT2D eigenvalue weighted by molar-refractivity contribution is 6.36. The molecule has 2 amide bonds. The zero-order valence-corrected chi connectivity index (χ0v) is 23.1. The number of hydrogen-bond acceptors (Lipinski definition) is 2. The fraction of sp³-hybridized carbons (Fsp3) is 0.333. The normalized spacial score (nSPS) is 12.2. The van der Waals surface area contributed by atoms with Crippen LogP contribution in [0.25, 0.3) is 0 Å². The summed E-state index contributed by atoms with van der Waals surface area (Å²) in [6, 6.07) is 20.2. The van der Waals surface area contributed by atoms with E-state index in [0.29, 0.717) is 22.0 Å². The number of nitrogens with zero attached hydrogens (tertiary/aromatic N) is 1. The quantitative estimate of drug-likeness (QED) is 0.356. The predicted octanol–water partition coefficient (Wildman–Crippen LogP) is 6.71. The van der Waals surface area contributed by atoms with E-state index >= 15 is 0 Å². The Hall–Kier alpha value is -2.82. The second kappa shape index (κ2) is 11.9. The number of carbonyl (C=O) groups is 2. The third kappa shape index (κ3) is 7.59. The highest BCUT2D eigenvalue weighted by atomic mass is 35.5. The molecule has 0 aliphatic carbocycles. The Morgan fingerprint density at radius 2 is 1.50 bits per heavy atom. The predicted molar refractivity (Wildman–Crippen MR) is 148 cm³/mol. The van der Waals surface area contributed by atoms with Crippen LogP contribution in [-0.4, -0.2) is 28.3 Å². The SMILES string of the molecule is Cc1ccc(CC(=O)N(Cc2c(Cl)cccc2Cl)[C@H](Cc2ccccc2)C(=O)NC(C)(C)C)cc1C. The maximum Gasteiger partial charge on any atom is 0.243 e. The highest BCUT2D eigenvalue weighted by Gasteiger charge is 2.33. The van der Waals surface area contributed by atoms with E-state index in [1.807, 2.05) is 83.1 Å². The van der Waals surface area contributed by atoms with E-state index in [2.05, 4.69) is 5.32 Å². The van der Waals surface area contributed by atoms with Gasteiger partial charge in [0.05, 0.1) is 6.42 Å². The molecule has 3 aromatic carbocycles. The van der Waals surface area contributed by atoms with Gasteiger partial charge in [0, 0.05) is 34.1 Å². The van der Waals surface area contributed by atoms with Crippen LogP contribution in [0, 0.1) is 13.8 Å². The molecule has 0 bridgehead atoms. The summed E-state index contributed by atoms with van der Waals surface area (Å²) in [5.74, 6) is -0.387. The van der Waals surface area contributed by atoms with Crippen molar-refractivity contribution in [2.75, 3.05) is 0 Å². The molecule has 36 heavy (non-hydrogen) atoms. The fourth-order valence-corrected chi connectivity index (χ4v) is 4.57. The molecule has 190 valence electrons. The zero-order valence-electron chi connectivity index (χ0n) is 21.6. The van der Waals surface area contributed by atoms with Crippen molar-refractivity contribution >= 4 is 35.0 Å². The molecule has 3 rings (SSSR count). The topological polar surface area (TPSA) is 49.4 Å². The molecular formula is C30H34Cl2N2O2. The Bertz CT molecular complexity index is 1200. The first-order valence-electron chi connectivity index (χ1n) is 12.1. The molecular weight excluding hydrogens is 491 g/mol. The summed E-state index contributed by atoms with van der Waals surface area (Å²) in [4.78, 5) is 29.2. The molecule has 0 aliphatic heterocycles. The van der Waals surface area contributed by atoms with Crippen molar-refractivity contribution in [1.29, 1.82) is 0 Å². The third-order valence-corrected chi connectivity index (χ3v) is 6.79. The van der Waals surface area contributed by atoms with Gasteiger partial charge in [-0.05, 0) is 69.0 Å². The average molecular weight is 526 g/mol. The molecule has 0 unspecified atom stereocenters. The van der Waals surface area contributed by atoms with Crippen LogP contribution in [0.1, 0.15) is 48.6 Å². The zero-order chi connectivity index (χ0) is 26.5. The van der Waals surface area contributed by atoms with Crippen molar-refractivity contribution in [3.8, 4) is 0 Å². The van der Waals surface area contributed by atoms with Crippen molar-refractivity contribution in [3.05, 3.63) is 105 Å². The molecule has 0 radical (unpaired) electrons. The van der Waals surface area contributed by atoms with Gasteiger partial charge in [-0.15, -0.1) is 0 Å². The average Bonchev–Trinajstić information content (AvgIpc) is 2.79. The van der Waals surface area contributed by atoms with E-state index in [4.69, 9.17) is 23.2 Å². The molecule has 0 saturated carbocycles. The molecule has 1 atom stereocenters. The summed E-state index contributed by atoms with van der Waals surface area (Å²) in [5, 5.41) is 3.99. The fourth-order valence-electron chi connectivity index (χ4n) is 4.05. The van der Waals surface area contributed by atoms with Crippen LogP contribution < -0.4 is 5.32 Å². The number of halogens is 2. The van der Waals surface area contributed by atoms with Gasteiger partial charge in [-0.2, -0.15) is 0 Å². The number of rotatable bonds is 8.